The predicted octanol–water partition coefficient (Wildman–Crippen LogP) is 1.05. The Labute approximate surface area is 89.4 Å². The van der Waals surface area contributed by atoms with Crippen LogP contribution < -0.4 is 5.32 Å². The molecule has 86 valence electrons. The van der Waals surface area contributed by atoms with Crippen molar-refractivity contribution >= 4 is 12.0 Å². The Morgan fingerprint density at radius 3 is 2.27 bits per heavy atom. The summed E-state index contributed by atoms with van der Waals surface area (Å²) in [4.78, 5) is 23.6. The number of carboxylic acid groups (broad SMARTS) is 1. The first-order valence-electron chi connectivity index (χ1n) is 5.45. The molecule has 0 aromatic heterocycles. The van der Waals surface area contributed by atoms with E-state index in [2.05, 4.69) is 5.32 Å². The van der Waals surface area contributed by atoms with Crippen LogP contribution in [0.4, 0.5) is 4.79 Å². The van der Waals surface area contributed by atoms with Crippen LogP contribution in [0.25, 0.3) is 0 Å². The number of urea groups is 1. The molecule has 1 heterocycles. The lowest BCUT2D eigenvalue weighted by molar-refractivity contribution is -0.136. The summed E-state index contributed by atoms with van der Waals surface area (Å²) in [6.45, 7) is 1.79. The standard InChI is InChI=1S/C10H18N2O3/c13-9(14)5-6-11-10(15)12-7-3-1-2-4-8-12/h1-8H2,(H,11,15)(H,13,14). The zero-order chi connectivity index (χ0) is 11.1. The Morgan fingerprint density at radius 1 is 1.13 bits per heavy atom. The molecule has 0 aromatic carbocycles. The number of likely N-dealkylation sites (tertiary alicyclic amines) is 1. The predicted molar refractivity (Wildman–Crippen MR) is 55.7 cm³/mol. The number of amides is 2. The van der Waals surface area contributed by atoms with Crippen LogP contribution in [0.3, 0.4) is 0 Å². The van der Waals surface area contributed by atoms with Gasteiger partial charge in [0, 0.05) is 19.6 Å². The van der Waals surface area contributed by atoms with Crippen molar-refractivity contribution in [2.45, 2.75) is 32.1 Å². The molecule has 1 aliphatic rings. The molecule has 2 N–H and O–H groups in total. The lowest BCUT2D eigenvalue weighted by Gasteiger charge is -2.20. The molecule has 5 nitrogen and oxygen atoms in total. The van der Waals surface area contributed by atoms with Crippen molar-refractivity contribution in [3.63, 3.8) is 0 Å². The van der Waals surface area contributed by atoms with E-state index in [4.69, 9.17) is 5.11 Å². The minimum Gasteiger partial charge on any atom is -0.481 e. The molecule has 2 amide bonds. The van der Waals surface area contributed by atoms with E-state index < -0.39 is 5.97 Å². The SMILES string of the molecule is O=C(O)CCNC(=O)N1CCCCCC1. The van der Waals surface area contributed by atoms with E-state index in [0.717, 1.165) is 25.9 Å². The highest BCUT2D eigenvalue weighted by atomic mass is 16.4. The number of aliphatic carboxylic acids is 1. The van der Waals surface area contributed by atoms with Crippen molar-refractivity contribution in [1.82, 2.24) is 10.2 Å². The number of hydrogen-bond acceptors (Lipinski definition) is 2. The molecule has 0 saturated carbocycles. The first-order chi connectivity index (χ1) is 7.20. The third-order valence-corrected chi connectivity index (χ3v) is 2.51. The molecule has 0 aliphatic carbocycles. The molecule has 1 saturated heterocycles. The van der Waals surface area contributed by atoms with Crippen molar-refractivity contribution in [3.05, 3.63) is 0 Å². The second-order valence-corrected chi connectivity index (χ2v) is 3.78. The summed E-state index contributed by atoms with van der Waals surface area (Å²) in [6.07, 6.45) is 4.44. The maximum absolute atomic E-state index is 11.6. The van der Waals surface area contributed by atoms with Crippen LogP contribution >= 0.6 is 0 Å². The maximum Gasteiger partial charge on any atom is 0.317 e. The zero-order valence-electron chi connectivity index (χ0n) is 8.87. The zero-order valence-corrected chi connectivity index (χ0v) is 8.87. The normalized spacial score (nSPS) is 16.9. The molecule has 0 aromatic rings. The van der Waals surface area contributed by atoms with E-state index in [-0.39, 0.29) is 19.0 Å². The number of hydrogen-bond donors (Lipinski definition) is 2. The maximum atomic E-state index is 11.6. The average molecular weight is 214 g/mol. The third kappa shape index (κ3) is 4.67. The largest absolute Gasteiger partial charge is 0.481 e. The second kappa shape index (κ2) is 6.27. The van der Waals surface area contributed by atoms with E-state index in [1.165, 1.54) is 12.8 Å². The highest BCUT2D eigenvalue weighted by Gasteiger charge is 2.14. The van der Waals surface area contributed by atoms with E-state index in [1.807, 2.05) is 0 Å². The summed E-state index contributed by atoms with van der Waals surface area (Å²) in [5, 5.41) is 11.0. The molecular weight excluding hydrogens is 196 g/mol. The Bertz CT molecular complexity index is 223. The van der Waals surface area contributed by atoms with Crippen molar-refractivity contribution in [1.29, 1.82) is 0 Å². The minimum absolute atomic E-state index is 0.0143. The molecule has 1 fully saturated rings. The molecule has 0 unspecified atom stereocenters. The van der Waals surface area contributed by atoms with Crippen LogP contribution in [0.2, 0.25) is 0 Å². The van der Waals surface area contributed by atoms with Gasteiger partial charge in [0.1, 0.15) is 0 Å². The number of carbonyl (C=O) groups is 2. The van der Waals surface area contributed by atoms with Crippen LogP contribution in [-0.4, -0.2) is 41.6 Å². The molecule has 0 bridgehead atoms. The van der Waals surface area contributed by atoms with Gasteiger partial charge in [0.2, 0.25) is 0 Å². The average Bonchev–Trinajstić information content (AvgIpc) is 2.44. The Balaban J connectivity index is 2.22. The van der Waals surface area contributed by atoms with Crippen molar-refractivity contribution in [2.24, 2.45) is 0 Å². The fraction of sp³-hybridized carbons (Fsp3) is 0.800. The molecule has 0 spiro atoms. The summed E-state index contributed by atoms with van der Waals surface area (Å²) in [7, 11) is 0. The highest BCUT2D eigenvalue weighted by Crippen LogP contribution is 2.09. The van der Waals surface area contributed by atoms with Crippen molar-refractivity contribution in [3.8, 4) is 0 Å². The molecule has 1 rings (SSSR count). The Hall–Kier alpha value is -1.26. The molecule has 15 heavy (non-hydrogen) atoms. The van der Waals surface area contributed by atoms with Crippen molar-refractivity contribution < 1.29 is 14.7 Å². The van der Waals surface area contributed by atoms with Crippen LogP contribution in [0.5, 0.6) is 0 Å². The van der Waals surface area contributed by atoms with E-state index in [9.17, 15) is 9.59 Å². The fourth-order valence-electron chi connectivity index (χ4n) is 1.66. The third-order valence-electron chi connectivity index (χ3n) is 2.51. The van der Waals surface area contributed by atoms with Gasteiger partial charge in [-0.1, -0.05) is 12.8 Å². The summed E-state index contributed by atoms with van der Waals surface area (Å²) in [6, 6.07) is -0.127. The van der Waals surface area contributed by atoms with Gasteiger partial charge in [-0.25, -0.2) is 4.79 Å². The highest BCUT2D eigenvalue weighted by molar-refractivity contribution is 5.75. The number of rotatable bonds is 3. The van der Waals surface area contributed by atoms with Gasteiger partial charge in [-0.05, 0) is 12.8 Å². The summed E-state index contributed by atoms with van der Waals surface area (Å²) in [5.74, 6) is -0.883. The van der Waals surface area contributed by atoms with Crippen LogP contribution in [0.1, 0.15) is 32.1 Å². The minimum atomic E-state index is -0.883. The summed E-state index contributed by atoms with van der Waals surface area (Å²) in [5.41, 5.74) is 0. The molecule has 1 aliphatic heterocycles. The van der Waals surface area contributed by atoms with E-state index in [1.54, 1.807) is 4.90 Å². The van der Waals surface area contributed by atoms with Gasteiger partial charge in [0.05, 0.1) is 6.42 Å². The fourth-order valence-corrected chi connectivity index (χ4v) is 1.66. The smallest absolute Gasteiger partial charge is 0.317 e. The number of nitrogens with zero attached hydrogens (tertiary/aromatic N) is 1. The lowest BCUT2D eigenvalue weighted by atomic mass is 10.2. The quantitative estimate of drug-likeness (QED) is 0.737. The van der Waals surface area contributed by atoms with Gasteiger partial charge < -0.3 is 15.3 Å². The monoisotopic (exact) mass is 214 g/mol. The first-order valence-corrected chi connectivity index (χ1v) is 5.45. The second-order valence-electron chi connectivity index (χ2n) is 3.78. The van der Waals surface area contributed by atoms with Gasteiger partial charge >= 0.3 is 12.0 Å². The van der Waals surface area contributed by atoms with Gasteiger partial charge in [-0.2, -0.15) is 0 Å². The number of carbonyl (C=O) groups excluding carboxylic acids is 1. The Kier molecular flexibility index (Phi) is 4.93. The number of nitrogens with one attached hydrogen (secondary N) is 1. The molecule has 0 radical (unpaired) electrons. The van der Waals surface area contributed by atoms with Crippen LogP contribution in [0, 0.1) is 0 Å². The number of carboxylic acids is 1. The Morgan fingerprint density at radius 2 is 1.73 bits per heavy atom. The first kappa shape index (κ1) is 11.8. The van der Waals surface area contributed by atoms with E-state index >= 15 is 0 Å². The van der Waals surface area contributed by atoms with Gasteiger partial charge in [-0.15, -0.1) is 0 Å². The van der Waals surface area contributed by atoms with Gasteiger partial charge in [-0.3, -0.25) is 4.79 Å². The molecule has 0 atom stereocenters. The topological polar surface area (TPSA) is 69.6 Å². The van der Waals surface area contributed by atoms with Crippen LogP contribution in [0.15, 0.2) is 0 Å². The van der Waals surface area contributed by atoms with Crippen LogP contribution in [-0.2, 0) is 4.79 Å². The van der Waals surface area contributed by atoms with Gasteiger partial charge in [0.25, 0.3) is 0 Å². The molecule has 5 heteroatoms. The van der Waals surface area contributed by atoms with Crippen molar-refractivity contribution in [2.75, 3.05) is 19.6 Å². The molecular formula is C10H18N2O3. The summed E-state index contributed by atoms with van der Waals surface area (Å²) < 4.78 is 0. The van der Waals surface area contributed by atoms with Gasteiger partial charge in [0.15, 0.2) is 0 Å². The lowest BCUT2D eigenvalue weighted by Crippen LogP contribution is -2.41. The summed E-state index contributed by atoms with van der Waals surface area (Å²) >= 11 is 0. The van der Waals surface area contributed by atoms with E-state index in [0.29, 0.717) is 0 Å².